The predicted molar refractivity (Wildman–Crippen MR) is 53.9 cm³/mol. The van der Waals surface area contributed by atoms with Crippen molar-refractivity contribution >= 4 is 17.6 Å². The van der Waals surface area contributed by atoms with Crippen LogP contribution in [0.3, 0.4) is 0 Å². The summed E-state index contributed by atoms with van der Waals surface area (Å²) in [5.41, 5.74) is 0.523. The van der Waals surface area contributed by atoms with Gasteiger partial charge in [0.2, 0.25) is 0 Å². The molecule has 1 aliphatic rings. The minimum absolute atomic E-state index is 0.0516. The molecular weight excluding hydrogens is 196 g/mol. The third kappa shape index (κ3) is 1.63. The lowest BCUT2D eigenvalue weighted by atomic mass is 10.3. The monoisotopic (exact) mass is 206 g/mol. The molecule has 0 spiro atoms. The fourth-order valence-corrected chi connectivity index (χ4v) is 1.43. The highest BCUT2D eigenvalue weighted by atomic mass is 16.5. The second-order valence-electron chi connectivity index (χ2n) is 3.09. The lowest BCUT2D eigenvalue weighted by molar-refractivity contribution is -0.115. The van der Waals surface area contributed by atoms with Crippen molar-refractivity contribution in [3.63, 3.8) is 0 Å². The molecule has 0 bridgehead atoms. The number of rotatable bonds is 2. The van der Waals surface area contributed by atoms with E-state index in [0.717, 1.165) is 4.90 Å². The van der Waals surface area contributed by atoms with E-state index in [9.17, 15) is 9.59 Å². The number of ether oxygens (including phenoxy) is 1. The topological polar surface area (TPSA) is 58.6 Å². The average molecular weight is 206 g/mol. The molecule has 0 unspecified atom stereocenters. The van der Waals surface area contributed by atoms with E-state index in [1.807, 2.05) is 0 Å². The van der Waals surface area contributed by atoms with Gasteiger partial charge in [0.1, 0.15) is 5.75 Å². The molecule has 0 aromatic heterocycles. The maximum Gasteiger partial charge on any atom is 0.329 e. The smallest absolute Gasteiger partial charge is 0.329 e. The largest absolute Gasteiger partial charge is 0.497 e. The minimum Gasteiger partial charge on any atom is -0.497 e. The highest BCUT2D eigenvalue weighted by Gasteiger charge is 2.29. The van der Waals surface area contributed by atoms with E-state index in [0.29, 0.717) is 11.4 Å². The first-order chi connectivity index (χ1) is 7.22. The molecule has 1 saturated heterocycles. The zero-order chi connectivity index (χ0) is 10.8. The number of hydrogen-bond donors (Lipinski definition) is 1. The number of anilines is 1. The molecule has 0 atom stereocenters. The van der Waals surface area contributed by atoms with Crippen LogP contribution in [0.15, 0.2) is 24.3 Å². The molecule has 1 fully saturated rings. The van der Waals surface area contributed by atoms with Gasteiger partial charge in [0.05, 0.1) is 19.3 Å². The Bertz CT molecular complexity index is 401. The van der Waals surface area contributed by atoms with Crippen molar-refractivity contribution in [3.05, 3.63) is 24.3 Å². The van der Waals surface area contributed by atoms with Crippen molar-refractivity contribution < 1.29 is 14.3 Å². The van der Waals surface area contributed by atoms with Crippen molar-refractivity contribution in [3.8, 4) is 5.75 Å². The van der Waals surface area contributed by atoms with Crippen LogP contribution in [0.1, 0.15) is 0 Å². The molecule has 0 radical (unpaired) electrons. The summed E-state index contributed by atoms with van der Waals surface area (Å²) in [5.74, 6) is 0.355. The van der Waals surface area contributed by atoms with Crippen LogP contribution in [0.25, 0.3) is 0 Å². The summed E-state index contributed by atoms with van der Waals surface area (Å²) < 4.78 is 5.02. The number of benzene rings is 1. The van der Waals surface area contributed by atoms with Crippen molar-refractivity contribution in [1.29, 1.82) is 0 Å². The highest BCUT2D eigenvalue weighted by Crippen LogP contribution is 2.22. The number of imide groups is 1. The molecule has 15 heavy (non-hydrogen) atoms. The van der Waals surface area contributed by atoms with Crippen LogP contribution in [-0.4, -0.2) is 25.6 Å². The van der Waals surface area contributed by atoms with E-state index in [1.165, 1.54) is 7.11 Å². The van der Waals surface area contributed by atoms with Crippen LogP contribution >= 0.6 is 0 Å². The van der Waals surface area contributed by atoms with Gasteiger partial charge in [-0.1, -0.05) is 6.07 Å². The van der Waals surface area contributed by atoms with E-state index < -0.39 is 6.03 Å². The Morgan fingerprint density at radius 2 is 2.20 bits per heavy atom. The fraction of sp³-hybridized carbons (Fsp3) is 0.200. The van der Waals surface area contributed by atoms with Crippen LogP contribution in [0, 0.1) is 0 Å². The van der Waals surface area contributed by atoms with Gasteiger partial charge < -0.3 is 10.1 Å². The molecule has 1 aromatic rings. The molecule has 3 amide bonds. The number of carbonyl (C=O) groups is 2. The van der Waals surface area contributed by atoms with Crippen LogP contribution in [0.4, 0.5) is 10.5 Å². The van der Waals surface area contributed by atoms with Crippen molar-refractivity contribution in [2.24, 2.45) is 0 Å². The van der Waals surface area contributed by atoms with Gasteiger partial charge in [0.25, 0.3) is 5.91 Å². The molecule has 1 heterocycles. The molecule has 2 rings (SSSR count). The number of urea groups is 1. The summed E-state index contributed by atoms with van der Waals surface area (Å²) in [4.78, 5) is 23.8. The van der Waals surface area contributed by atoms with E-state index >= 15 is 0 Å². The number of nitrogens with zero attached hydrogens (tertiary/aromatic N) is 1. The Kier molecular flexibility index (Phi) is 2.29. The van der Waals surface area contributed by atoms with Gasteiger partial charge in [-0.2, -0.15) is 0 Å². The number of carbonyl (C=O) groups excluding carboxylic acids is 2. The summed E-state index contributed by atoms with van der Waals surface area (Å²) in [6.07, 6.45) is 0. The Hall–Kier alpha value is -2.04. The summed E-state index contributed by atoms with van der Waals surface area (Å²) in [7, 11) is 1.53. The maximum atomic E-state index is 11.4. The van der Waals surface area contributed by atoms with Crippen LogP contribution in [-0.2, 0) is 4.79 Å². The SMILES string of the molecule is COc1cccc(N2C(=O)CNC2=O)c1. The van der Waals surface area contributed by atoms with Gasteiger partial charge in [-0.25, -0.2) is 9.69 Å². The summed E-state index contributed by atoms with van der Waals surface area (Å²) >= 11 is 0. The molecule has 78 valence electrons. The van der Waals surface area contributed by atoms with Gasteiger partial charge in [-0.15, -0.1) is 0 Å². The standard InChI is InChI=1S/C10H10N2O3/c1-15-8-4-2-3-7(5-8)12-9(13)6-11-10(12)14/h2-5H,6H2,1H3,(H,11,14). The number of amides is 3. The second-order valence-corrected chi connectivity index (χ2v) is 3.09. The van der Waals surface area contributed by atoms with Gasteiger partial charge in [0.15, 0.2) is 0 Å². The Balaban J connectivity index is 2.36. The first kappa shape index (κ1) is 9.51. The number of methoxy groups -OCH3 is 1. The zero-order valence-electron chi connectivity index (χ0n) is 8.19. The highest BCUT2D eigenvalue weighted by molar-refractivity contribution is 6.19. The first-order valence-electron chi connectivity index (χ1n) is 4.47. The molecule has 1 aromatic carbocycles. The molecular formula is C10H10N2O3. The van der Waals surface area contributed by atoms with Crippen LogP contribution < -0.4 is 15.0 Å². The third-order valence-electron chi connectivity index (χ3n) is 2.15. The molecule has 1 aliphatic heterocycles. The van der Waals surface area contributed by atoms with Crippen molar-refractivity contribution in [2.75, 3.05) is 18.6 Å². The van der Waals surface area contributed by atoms with Gasteiger partial charge in [0, 0.05) is 6.07 Å². The van der Waals surface area contributed by atoms with Gasteiger partial charge >= 0.3 is 6.03 Å². The Morgan fingerprint density at radius 3 is 2.80 bits per heavy atom. The van der Waals surface area contributed by atoms with E-state index in [-0.39, 0.29) is 12.5 Å². The molecule has 0 aliphatic carbocycles. The second kappa shape index (κ2) is 3.61. The third-order valence-corrected chi connectivity index (χ3v) is 2.15. The number of hydrogen-bond acceptors (Lipinski definition) is 3. The van der Waals surface area contributed by atoms with Crippen molar-refractivity contribution in [1.82, 2.24) is 5.32 Å². The normalized spacial score (nSPS) is 15.4. The summed E-state index contributed by atoms with van der Waals surface area (Å²) in [6, 6.07) is 6.41. The van der Waals surface area contributed by atoms with Crippen molar-refractivity contribution in [2.45, 2.75) is 0 Å². The predicted octanol–water partition coefficient (Wildman–Crippen LogP) is 0.751. The lowest BCUT2D eigenvalue weighted by Gasteiger charge is -2.12. The first-order valence-corrected chi connectivity index (χ1v) is 4.47. The molecule has 5 nitrogen and oxygen atoms in total. The quantitative estimate of drug-likeness (QED) is 0.726. The Labute approximate surface area is 86.6 Å². The fourth-order valence-electron chi connectivity index (χ4n) is 1.43. The Morgan fingerprint density at radius 1 is 1.40 bits per heavy atom. The van der Waals surface area contributed by atoms with E-state index in [4.69, 9.17) is 4.74 Å². The molecule has 0 saturated carbocycles. The zero-order valence-corrected chi connectivity index (χ0v) is 8.19. The minimum atomic E-state index is -0.395. The maximum absolute atomic E-state index is 11.4. The van der Waals surface area contributed by atoms with E-state index in [2.05, 4.69) is 5.32 Å². The van der Waals surface area contributed by atoms with E-state index in [1.54, 1.807) is 24.3 Å². The summed E-state index contributed by atoms with van der Waals surface area (Å²) in [5, 5.41) is 2.45. The van der Waals surface area contributed by atoms with Crippen LogP contribution in [0.2, 0.25) is 0 Å². The van der Waals surface area contributed by atoms with Crippen LogP contribution in [0.5, 0.6) is 5.75 Å². The number of nitrogens with one attached hydrogen (secondary N) is 1. The summed E-state index contributed by atoms with van der Waals surface area (Å²) in [6.45, 7) is 0.0516. The molecule has 5 heteroatoms. The molecule has 1 N–H and O–H groups in total. The van der Waals surface area contributed by atoms with Gasteiger partial charge in [-0.3, -0.25) is 4.79 Å². The van der Waals surface area contributed by atoms with Gasteiger partial charge in [-0.05, 0) is 12.1 Å². The lowest BCUT2D eigenvalue weighted by Crippen LogP contribution is -2.30. The average Bonchev–Trinajstić information content (AvgIpc) is 2.59.